The molecular formula is C13H25N3O3S. The van der Waals surface area contributed by atoms with Gasteiger partial charge >= 0.3 is 6.03 Å². The second kappa shape index (κ2) is 6.30. The Morgan fingerprint density at radius 2 is 1.90 bits per heavy atom. The van der Waals surface area contributed by atoms with E-state index in [0.29, 0.717) is 37.9 Å². The normalized spacial score (nSPS) is 28.6. The van der Waals surface area contributed by atoms with Crippen LogP contribution in [-0.4, -0.2) is 44.2 Å². The Kier molecular flexibility index (Phi) is 4.90. The first kappa shape index (κ1) is 15.6. The molecule has 0 bridgehead atoms. The van der Waals surface area contributed by atoms with Crippen molar-refractivity contribution in [1.29, 1.82) is 0 Å². The summed E-state index contributed by atoms with van der Waals surface area (Å²) in [5.74, 6) is 0.809. The maximum absolute atomic E-state index is 12.1. The topological polar surface area (TPSA) is 92.5 Å². The molecular weight excluding hydrogens is 278 g/mol. The van der Waals surface area contributed by atoms with Crippen LogP contribution in [0.5, 0.6) is 0 Å². The van der Waals surface area contributed by atoms with Gasteiger partial charge in [0.1, 0.15) is 0 Å². The second-order valence-electron chi connectivity index (χ2n) is 6.32. The van der Waals surface area contributed by atoms with Gasteiger partial charge in [-0.2, -0.15) is 0 Å². The number of hydrogen-bond donors (Lipinski definition) is 2. The summed E-state index contributed by atoms with van der Waals surface area (Å²) < 4.78 is 22.1. The van der Waals surface area contributed by atoms with Crippen molar-refractivity contribution >= 4 is 16.1 Å². The van der Waals surface area contributed by atoms with Gasteiger partial charge in [-0.3, -0.25) is 0 Å². The number of rotatable bonds is 3. The van der Waals surface area contributed by atoms with Crippen molar-refractivity contribution in [3.8, 4) is 0 Å². The van der Waals surface area contributed by atoms with E-state index in [-0.39, 0.29) is 17.7 Å². The van der Waals surface area contributed by atoms with E-state index in [9.17, 15) is 13.2 Å². The van der Waals surface area contributed by atoms with Gasteiger partial charge in [0.25, 0.3) is 0 Å². The number of nitrogens with two attached hydrogens (primary N) is 1. The summed E-state index contributed by atoms with van der Waals surface area (Å²) in [6, 6.07) is 0.304. The number of nitrogens with one attached hydrogen (secondary N) is 1. The highest BCUT2D eigenvalue weighted by Gasteiger charge is 2.28. The Morgan fingerprint density at radius 1 is 1.25 bits per heavy atom. The van der Waals surface area contributed by atoms with Crippen LogP contribution >= 0.6 is 0 Å². The molecule has 2 atom stereocenters. The Bertz CT molecular complexity index is 444. The number of likely N-dealkylation sites (tertiary alicyclic amines) is 1. The molecule has 0 aromatic rings. The Hall–Kier alpha value is -0.820. The van der Waals surface area contributed by atoms with Crippen molar-refractivity contribution in [2.75, 3.05) is 18.8 Å². The molecule has 116 valence electrons. The van der Waals surface area contributed by atoms with Crippen LogP contribution in [0.2, 0.25) is 0 Å². The number of urea groups is 1. The number of sulfonamides is 1. The molecule has 0 aromatic heterocycles. The van der Waals surface area contributed by atoms with E-state index in [4.69, 9.17) is 5.14 Å². The monoisotopic (exact) mass is 303 g/mol. The van der Waals surface area contributed by atoms with Crippen molar-refractivity contribution in [1.82, 2.24) is 10.2 Å². The summed E-state index contributed by atoms with van der Waals surface area (Å²) in [6.45, 7) is 3.45. The van der Waals surface area contributed by atoms with Gasteiger partial charge in [-0.15, -0.1) is 0 Å². The summed E-state index contributed by atoms with van der Waals surface area (Å²) in [5, 5.41) is 8.15. The Balaban J connectivity index is 1.74. The minimum atomic E-state index is -3.41. The Labute approximate surface area is 121 Å². The van der Waals surface area contributed by atoms with E-state index in [1.165, 1.54) is 6.42 Å². The first-order chi connectivity index (χ1) is 9.33. The fraction of sp³-hybridized carbons (Fsp3) is 0.923. The number of amides is 2. The minimum absolute atomic E-state index is 0.00171. The highest BCUT2D eigenvalue weighted by Crippen LogP contribution is 2.25. The van der Waals surface area contributed by atoms with Gasteiger partial charge in [0.15, 0.2) is 0 Å². The van der Waals surface area contributed by atoms with E-state index < -0.39 is 10.0 Å². The molecule has 1 saturated carbocycles. The molecule has 1 saturated heterocycles. The molecule has 1 aliphatic carbocycles. The molecule has 3 N–H and O–H groups in total. The zero-order chi connectivity index (χ0) is 14.8. The van der Waals surface area contributed by atoms with E-state index >= 15 is 0 Å². The van der Waals surface area contributed by atoms with Gasteiger partial charge in [-0.05, 0) is 43.9 Å². The number of primary sulfonamides is 1. The number of carbonyl (C=O) groups is 1. The second-order valence-corrected chi connectivity index (χ2v) is 7.98. The van der Waals surface area contributed by atoms with Crippen LogP contribution in [0.4, 0.5) is 4.79 Å². The highest BCUT2D eigenvalue weighted by molar-refractivity contribution is 7.89. The summed E-state index contributed by atoms with van der Waals surface area (Å²) in [5.41, 5.74) is 0. The fourth-order valence-corrected chi connectivity index (χ4v) is 4.23. The summed E-state index contributed by atoms with van der Waals surface area (Å²) in [4.78, 5) is 13.9. The molecule has 6 nitrogen and oxygen atoms in total. The zero-order valence-corrected chi connectivity index (χ0v) is 12.9. The van der Waals surface area contributed by atoms with Crippen molar-refractivity contribution in [3.63, 3.8) is 0 Å². The van der Waals surface area contributed by atoms with Gasteiger partial charge in [0.05, 0.1) is 5.75 Å². The molecule has 1 aliphatic heterocycles. The van der Waals surface area contributed by atoms with Gasteiger partial charge in [0, 0.05) is 19.1 Å². The highest BCUT2D eigenvalue weighted by atomic mass is 32.2. The molecule has 2 amide bonds. The predicted octanol–water partition coefficient (Wildman–Crippen LogP) is 0.885. The lowest BCUT2D eigenvalue weighted by molar-refractivity contribution is 0.171. The third-order valence-corrected chi connectivity index (χ3v) is 5.33. The van der Waals surface area contributed by atoms with Crippen molar-refractivity contribution in [2.24, 2.45) is 17.0 Å². The number of carbonyl (C=O) groups excluding carboxylic acids is 1. The number of hydrogen-bond acceptors (Lipinski definition) is 3. The maximum Gasteiger partial charge on any atom is 0.317 e. The van der Waals surface area contributed by atoms with Gasteiger partial charge in [-0.25, -0.2) is 18.4 Å². The van der Waals surface area contributed by atoms with E-state index in [1.54, 1.807) is 4.90 Å². The molecule has 20 heavy (non-hydrogen) atoms. The van der Waals surface area contributed by atoms with Crippen LogP contribution in [0.1, 0.15) is 39.0 Å². The van der Waals surface area contributed by atoms with Crippen molar-refractivity contribution in [2.45, 2.75) is 45.1 Å². The SMILES string of the molecule is C[C@H]1CC[C@@H](NC(=O)N2CCC(CS(N)(=O)=O)CC2)C1. The molecule has 0 unspecified atom stereocenters. The van der Waals surface area contributed by atoms with Crippen molar-refractivity contribution in [3.05, 3.63) is 0 Å². The molecule has 2 rings (SSSR count). The molecule has 0 radical (unpaired) electrons. The average molecular weight is 303 g/mol. The summed E-state index contributed by atoms with van der Waals surface area (Å²) in [6.07, 6.45) is 4.74. The molecule has 0 aromatic carbocycles. The average Bonchev–Trinajstić information content (AvgIpc) is 2.73. The minimum Gasteiger partial charge on any atom is -0.335 e. The standard InChI is InChI=1S/C13H25N3O3S/c1-10-2-3-12(8-10)15-13(17)16-6-4-11(5-7-16)9-20(14,18)19/h10-12H,2-9H2,1H3,(H,15,17)(H2,14,18,19)/t10-,12+/m0/s1. The molecule has 7 heteroatoms. The van der Waals surface area contributed by atoms with Gasteiger partial charge < -0.3 is 10.2 Å². The summed E-state index contributed by atoms with van der Waals surface area (Å²) >= 11 is 0. The van der Waals surface area contributed by atoms with E-state index in [2.05, 4.69) is 12.2 Å². The quantitative estimate of drug-likeness (QED) is 0.810. The van der Waals surface area contributed by atoms with Crippen LogP contribution in [0.3, 0.4) is 0 Å². The van der Waals surface area contributed by atoms with Crippen LogP contribution in [0, 0.1) is 11.8 Å². The summed E-state index contributed by atoms with van der Waals surface area (Å²) in [7, 11) is -3.41. The zero-order valence-electron chi connectivity index (χ0n) is 12.0. The van der Waals surface area contributed by atoms with Gasteiger partial charge in [0.2, 0.25) is 10.0 Å². The number of piperidine rings is 1. The predicted molar refractivity (Wildman–Crippen MR) is 77.6 cm³/mol. The third kappa shape index (κ3) is 4.63. The molecule has 0 spiro atoms. The molecule has 2 fully saturated rings. The smallest absolute Gasteiger partial charge is 0.317 e. The first-order valence-electron chi connectivity index (χ1n) is 7.39. The van der Waals surface area contributed by atoms with Crippen LogP contribution in [-0.2, 0) is 10.0 Å². The lowest BCUT2D eigenvalue weighted by Gasteiger charge is -2.32. The lowest BCUT2D eigenvalue weighted by Crippen LogP contribution is -2.48. The van der Waals surface area contributed by atoms with Crippen molar-refractivity contribution < 1.29 is 13.2 Å². The third-order valence-electron chi connectivity index (χ3n) is 4.39. The fourth-order valence-electron chi connectivity index (χ4n) is 3.24. The molecule has 1 heterocycles. The lowest BCUT2D eigenvalue weighted by atomic mass is 9.99. The van der Waals surface area contributed by atoms with Crippen LogP contribution in [0.15, 0.2) is 0 Å². The van der Waals surface area contributed by atoms with Crippen LogP contribution < -0.4 is 10.5 Å². The van der Waals surface area contributed by atoms with E-state index in [0.717, 1.165) is 12.8 Å². The molecule has 2 aliphatic rings. The van der Waals surface area contributed by atoms with Gasteiger partial charge in [-0.1, -0.05) is 6.92 Å². The Morgan fingerprint density at radius 3 is 2.40 bits per heavy atom. The first-order valence-corrected chi connectivity index (χ1v) is 9.11. The number of nitrogens with zero attached hydrogens (tertiary/aromatic N) is 1. The van der Waals surface area contributed by atoms with Crippen LogP contribution in [0.25, 0.3) is 0 Å². The maximum atomic E-state index is 12.1. The largest absolute Gasteiger partial charge is 0.335 e. The van der Waals surface area contributed by atoms with E-state index in [1.807, 2.05) is 0 Å².